The third-order valence-electron chi connectivity index (χ3n) is 3.90. The van der Waals surface area contributed by atoms with E-state index in [1.807, 2.05) is 6.07 Å². The van der Waals surface area contributed by atoms with E-state index in [9.17, 15) is 0 Å². The van der Waals surface area contributed by atoms with Gasteiger partial charge in [0, 0.05) is 12.6 Å². The molecule has 4 heteroatoms. The van der Waals surface area contributed by atoms with Crippen LogP contribution in [0, 0.1) is 5.41 Å². The third kappa shape index (κ3) is 3.12. The predicted octanol–water partition coefficient (Wildman–Crippen LogP) is 3.26. The predicted molar refractivity (Wildman–Crippen MR) is 72.9 cm³/mol. The van der Waals surface area contributed by atoms with E-state index < -0.39 is 0 Å². The minimum Gasteiger partial charge on any atom is -0.478 e. The lowest BCUT2D eigenvalue weighted by atomic mass is 9.67. The van der Waals surface area contributed by atoms with Crippen LogP contribution in [0.25, 0.3) is 0 Å². The molecule has 0 atom stereocenters. The van der Waals surface area contributed by atoms with E-state index in [-0.39, 0.29) is 0 Å². The van der Waals surface area contributed by atoms with Crippen LogP contribution in [-0.4, -0.2) is 23.1 Å². The summed E-state index contributed by atoms with van der Waals surface area (Å²) >= 11 is 0. The molecule has 0 aliphatic heterocycles. The quantitative estimate of drug-likeness (QED) is 0.805. The highest BCUT2D eigenvalue weighted by molar-refractivity contribution is 5.37. The SMILES string of the molecule is CCCOc1cc(NCC2(CC)CCC2)ncn1. The third-order valence-corrected chi connectivity index (χ3v) is 3.90. The number of rotatable bonds is 7. The second-order valence-electron chi connectivity index (χ2n) is 5.15. The average Bonchev–Trinajstić information content (AvgIpc) is 2.36. The second-order valence-corrected chi connectivity index (χ2v) is 5.15. The first-order valence-corrected chi connectivity index (χ1v) is 6.97. The molecule has 1 fully saturated rings. The Bertz CT molecular complexity index is 372. The summed E-state index contributed by atoms with van der Waals surface area (Å²) in [7, 11) is 0. The fraction of sp³-hybridized carbons (Fsp3) is 0.714. The summed E-state index contributed by atoms with van der Waals surface area (Å²) in [5, 5.41) is 3.42. The molecule has 1 saturated carbocycles. The molecule has 1 aromatic heterocycles. The zero-order chi connectivity index (χ0) is 12.8. The van der Waals surface area contributed by atoms with Gasteiger partial charge in [0.1, 0.15) is 12.1 Å². The first kappa shape index (κ1) is 13.1. The smallest absolute Gasteiger partial charge is 0.218 e. The van der Waals surface area contributed by atoms with Crippen molar-refractivity contribution >= 4 is 5.82 Å². The Morgan fingerprint density at radius 1 is 1.33 bits per heavy atom. The molecule has 0 spiro atoms. The maximum Gasteiger partial charge on any atom is 0.218 e. The summed E-state index contributed by atoms with van der Waals surface area (Å²) in [6.45, 7) is 6.07. The van der Waals surface area contributed by atoms with Crippen LogP contribution in [0.5, 0.6) is 5.88 Å². The zero-order valence-electron chi connectivity index (χ0n) is 11.4. The van der Waals surface area contributed by atoms with Crippen molar-refractivity contribution in [2.45, 2.75) is 46.0 Å². The summed E-state index contributed by atoms with van der Waals surface area (Å²) in [5.74, 6) is 1.53. The van der Waals surface area contributed by atoms with E-state index in [0.717, 1.165) is 18.8 Å². The van der Waals surface area contributed by atoms with Crippen molar-refractivity contribution in [2.75, 3.05) is 18.5 Å². The van der Waals surface area contributed by atoms with Gasteiger partial charge in [-0.15, -0.1) is 0 Å². The number of ether oxygens (including phenoxy) is 1. The normalized spacial score (nSPS) is 17.0. The standard InChI is InChI=1S/C14H23N3O/c1-3-8-18-13-9-12(16-11-17-13)15-10-14(4-2)6-5-7-14/h9,11H,3-8,10H2,1-2H3,(H,15,16,17). The summed E-state index contributed by atoms with van der Waals surface area (Å²) in [5.41, 5.74) is 0.495. The molecule has 4 nitrogen and oxygen atoms in total. The monoisotopic (exact) mass is 249 g/mol. The van der Waals surface area contributed by atoms with Gasteiger partial charge < -0.3 is 10.1 Å². The lowest BCUT2D eigenvalue weighted by molar-refractivity contribution is 0.145. The van der Waals surface area contributed by atoms with Crippen LogP contribution < -0.4 is 10.1 Å². The number of hydrogen-bond acceptors (Lipinski definition) is 4. The highest BCUT2D eigenvalue weighted by atomic mass is 16.5. The van der Waals surface area contributed by atoms with Gasteiger partial charge in [-0.1, -0.05) is 20.3 Å². The van der Waals surface area contributed by atoms with Crippen LogP contribution in [0.15, 0.2) is 12.4 Å². The molecule has 1 heterocycles. The molecule has 1 N–H and O–H groups in total. The maximum absolute atomic E-state index is 5.50. The number of hydrogen-bond donors (Lipinski definition) is 1. The van der Waals surface area contributed by atoms with Gasteiger partial charge in [0.25, 0.3) is 0 Å². The van der Waals surface area contributed by atoms with Gasteiger partial charge in [0.2, 0.25) is 5.88 Å². The van der Waals surface area contributed by atoms with Gasteiger partial charge in [-0.3, -0.25) is 0 Å². The molecule has 100 valence electrons. The van der Waals surface area contributed by atoms with Crippen molar-refractivity contribution in [3.05, 3.63) is 12.4 Å². The number of nitrogens with one attached hydrogen (secondary N) is 1. The first-order valence-electron chi connectivity index (χ1n) is 6.97. The molecule has 2 rings (SSSR count). The van der Waals surface area contributed by atoms with Crippen LogP contribution in [0.1, 0.15) is 46.0 Å². The molecule has 0 radical (unpaired) electrons. The Morgan fingerprint density at radius 3 is 2.78 bits per heavy atom. The highest BCUT2D eigenvalue weighted by Gasteiger charge is 2.34. The maximum atomic E-state index is 5.50. The molecule has 0 unspecified atom stereocenters. The molecular formula is C14H23N3O. The average molecular weight is 249 g/mol. The van der Waals surface area contributed by atoms with Gasteiger partial charge in [0.05, 0.1) is 6.61 Å². The van der Waals surface area contributed by atoms with Crippen LogP contribution in [0.2, 0.25) is 0 Å². The van der Waals surface area contributed by atoms with Crippen molar-refractivity contribution < 1.29 is 4.74 Å². The molecule has 0 amide bonds. The van der Waals surface area contributed by atoms with Crippen LogP contribution in [0.4, 0.5) is 5.82 Å². The van der Waals surface area contributed by atoms with Crippen LogP contribution in [0.3, 0.4) is 0 Å². The fourth-order valence-corrected chi connectivity index (χ4v) is 2.33. The molecule has 1 aliphatic carbocycles. The van der Waals surface area contributed by atoms with Crippen molar-refractivity contribution in [3.8, 4) is 5.88 Å². The molecule has 0 aromatic carbocycles. The summed E-state index contributed by atoms with van der Waals surface area (Å²) in [4.78, 5) is 8.34. The summed E-state index contributed by atoms with van der Waals surface area (Å²) in [6.07, 6.45) is 7.83. The van der Waals surface area contributed by atoms with Crippen molar-refractivity contribution in [1.82, 2.24) is 9.97 Å². The number of aromatic nitrogens is 2. The lowest BCUT2D eigenvalue weighted by Gasteiger charge is -2.41. The molecule has 0 saturated heterocycles. The molecule has 0 bridgehead atoms. The minimum atomic E-state index is 0.495. The Labute approximate surface area is 109 Å². The molecule has 18 heavy (non-hydrogen) atoms. The number of anilines is 1. The zero-order valence-corrected chi connectivity index (χ0v) is 11.4. The van der Waals surface area contributed by atoms with E-state index in [0.29, 0.717) is 17.9 Å². The molecule has 1 aliphatic rings. The van der Waals surface area contributed by atoms with Crippen LogP contribution >= 0.6 is 0 Å². The lowest BCUT2D eigenvalue weighted by Crippen LogP contribution is -2.36. The Balaban J connectivity index is 1.88. The Hall–Kier alpha value is -1.32. The van der Waals surface area contributed by atoms with Crippen LogP contribution in [-0.2, 0) is 0 Å². The summed E-state index contributed by atoms with van der Waals surface area (Å²) in [6, 6.07) is 1.89. The van der Waals surface area contributed by atoms with Gasteiger partial charge >= 0.3 is 0 Å². The second kappa shape index (κ2) is 6.03. The summed E-state index contributed by atoms with van der Waals surface area (Å²) < 4.78 is 5.50. The largest absolute Gasteiger partial charge is 0.478 e. The van der Waals surface area contributed by atoms with E-state index >= 15 is 0 Å². The van der Waals surface area contributed by atoms with Crippen molar-refractivity contribution in [3.63, 3.8) is 0 Å². The Kier molecular flexibility index (Phi) is 4.39. The van der Waals surface area contributed by atoms with E-state index in [1.54, 1.807) is 6.33 Å². The molecule has 1 aromatic rings. The van der Waals surface area contributed by atoms with E-state index in [1.165, 1.54) is 25.7 Å². The topological polar surface area (TPSA) is 47.0 Å². The van der Waals surface area contributed by atoms with Gasteiger partial charge in [0.15, 0.2) is 0 Å². The Morgan fingerprint density at radius 2 is 2.17 bits per heavy atom. The number of nitrogens with zero attached hydrogens (tertiary/aromatic N) is 2. The van der Waals surface area contributed by atoms with E-state index in [2.05, 4.69) is 29.1 Å². The van der Waals surface area contributed by atoms with E-state index in [4.69, 9.17) is 4.74 Å². The fourth-order valence-electron chi connectivity index (χ4n) is 2.33. The molecular weight excluding hydrogens is 226 g/mol. The minimum absolute atomic E-state index is 0.495. The van der Waals surface area contributed by atoms with Crippen molar-refractivity contribution in [1.29, 1.82) is 0 Å². The first-order chi connectivity index (χ1) is 8.78. The highest BCUT2D eigenvalue weighted by Crippen LogP contribution is 2.43. The van der Waals surface area contributed by atoms with Gasteiger partial charge in [-0.25, -0.2) is 9.97 Å². The van der Waals surface area contributed by atoms with Gasteiger partial charge in [-0.2, -0.15) is 0 Å². The van der Waals surface area contributed by atoms with Gasteiger partial charge in [-0.05, 0) is 31.1 Å². The van der Waals surface area contributed by atoms with Crippen molar-refractivity contribution in [2.24, 2.45) is 5.41 Å².